The first kappa shape index (κ1) is 17.0. The van der Waals surface area contributed by atoms with Crippen LogP contribution >= 0.6 is 15.9 Å². The topological polar surface area (TPSA) is 45.7 Å². The molecule has 0 amide bonds. The highest BCUT2D eigenvalue weighted by Gasteiger charge is 1.97. The zero-order valence-corrected chi connectivity index (χ0v) is 13.9. The number of benzene rings is 1. The Morgan fingerprint density at radius 1 is 1.20 bits per heavy atom. The van der Waals surface area contributed by atoms with Crippen LogP contribution in [0.4, 0.5) is 0 Å². The molecular formula is C15H24BrN3O. The first-order valence-corrected chi connectivity index (χ1v) is 7.90. The number of ether oxygens (including phenoxy) is 1. The van der Waals surface area contributed by atoms with Gasteiger partial charge in [-0.3, -0.25) is 0 Å². The molecule has 0 heterocycles. The van der Waals surface area contributed by atoms with Crippen molar-refractivity contribution in [2.75, 3.05) is 26.3 Å². The van der Waals surface area contributed by atoms with Gasteiger partial charge in [-0.2, -0.15) is 0 Å². The Morgan fingerprint density at radius 2 is 1.95 bits per heavy atom. The number of nitrogens with zero attached hydrogens (tertiary/aromatic N) is 1. The molecule has 1 rings (SSSR count). The molecule has 5 heteroatoms. The van der Waals surface area contributed by atoms with Gasteiger partial charge in [0.15, 0.2) is 5.96 Å². The molecule has 0 unspecified atom stereocenters. The molecule has 0 saturated heterocycles. The molecule has 0 aliphatic heterocycles. The predicted octanol–water partition coefficient (Wildman–Crippen LogP) is 2.93. The van der Waals surface area contributed by atoms with Crippen molar-refractivity contribution in [3.05, 3.63) is 34.3 Å². The smallest absolute Gasteiger partial charge is 0.191 e. The Morgan fingerprint density at radius 3 is 2.60 bits per heavy atom. The van der Waals surface area contributed by atoms with E-state index in [0.717, 1.165) is 43.2 Å². The minimum atomic E-state index is 0.675. The minimum absolute atomic E-state index is 0.675. The lowest BCUT2D eigenvalue weighted by Gasteiger charge is -2.11. The molecule has 0 aliphatic rings. The lowest BCUT2D eigenvalue weighted by molar-refractivity contribution is 0.145. The lowest BCUT2D eigenvalue weighted by atomic mass is 10.2. The summed E-state index contributed by atoms with van der Waals surface area (Å²) in [7, 11) is 0. The molecule has 0 atom stereocenters. The predicted molar refractivity (Wildman–Crippen MR) is 88.1 cm³/mol. The number of halogens is 1. The van der Waals surface area contributed by atoms with Gasteiger partial charge in [0.2, 0.25) is 0 Å². The largest absolute Gasteiger partial charge is 0.382 e. The van der Waals surface area contributed by atoms with Crippen molar-refractivity contribution in [2.24, 2.45) is 4.99 Å². The number of nitrogens with one attached hydrogen (secondary N) is 2. The summed E-state index contributed by atoms with van der Waals surface area (Å²) < 4.78 is 6.40. The normalized spacial score (nSPS) is 11.4. The summed E-state index contributed by atoms with van der Waals surface area (Å²) in [5.74, 6) is 0.854. The highest BCUT2D eigenvalue weighted by Crippen LogP contribution is 2.10. The standard InChI is InChI=1S/C15H24BrN3O/c1-3-17-15(18-10-5-11-20-4-2)19-12-13-6-8-14(16)9-7-13/h6-9H,3-5,10-12H2,1-2H3,(H2,17,18,19). The van der Waals surface area contributed by atoms with Crippen molar-refractivity contribution in [2.45, 2.75) is 26.8 Å². The molecule has 20 heavy (non-hydrogen) atoms. The highest BCUT2D eigenvalue weighted by molar-refractivity contribution is 9.10. The van der Waals surface area contributed by atoms with Crippen molar-refractivity contribution < 1.29 is 4.74 Å². The molecule has 4 nitrogen and oxygen atoms in total. The third-order valence-electron chi connectivity index (χ3n) is 2.64. The van der Waals surface area contributed by atoms with Gasteiger partial charge in [-0.1, -0.05) is 28.1 Å². The summed E-state index contributed by atoms with van der Waals surface area (Å²) in [5.41, 5.74) is 1.19. The quantitative estimate of drug-likeness (QED) is 0.434. The number of hydrogen-bond donors (Lipinski definition) is 2. The van der Waals surface area contributed by atoms with Crippen molar-refractivity contribution in [3.8, 4) is 0 Å². The molecule has 2 N–H and O–H groups in total. The molecule has 112 valence electrons. The van der Waals surface area contributed by atoms with Crippen LogP contribution in [-0.2, 0) is 11.3 Å². The molecule has 0 radical (unpaired) electrons. The third kappa shape index (κ3) is 7.50. The second kappa shape index (κ2) is 10.7. The van der Waals surface area contributed by atoms with Crippen LogP contribution < -0.4 is 10.6 Å². The Bertz CT molecular complexity index is 393. The monoisotopic (exact) mass is 341 g/mol. The molecule has 0 aromatic heterocycles. The van der Waals surface area contributed by atoms with Crippen LogP contribution in [-0.4, -0.2) is 32.3 Å². The van der Waals surface area contributed by atoms with Gasteiger partial charge in [-0.15, -0.1) is 0 Å². The second-order valence-electron chi connectivity index (χ2n) is 4.30. The van der Waals surface area contributed by atoms with E-state index in [1.165, 1.54) is 5.56 Å². The van der Waals surface area contributed by atoms with E-state index in [0.29, 0.717) is 6.54 Å². The third-order valence-corrected chi connectivity index (χ3v) is 3.17. The number of aliphatic imine (C=N–C) groups is 1. The van der Waals surface area contributed by atoms with E-state index >= 15 is 0 Å². The van der Waals surface area contributed by atoms with Gasteiger partial charge in [-0.05, 0) is 38.0 Å². The zero-order chi connectivity index (χ0) is 14.6. The van der Waals surface area contributed by atoms with Crippen LogP contribution in [0.25, 0.3) is 0 Å². The fourth-order valence-corrected chi connectivity index (χ4v) is 1.89. The summed E-state index contributed by atoms with van der Waals surface area (Å²) in [4.78, 5) is 4.57. The zero-order valence-electron chi connectivity index (χ0n) is 12.3. The highest BCUT2D eigenvalue weighted by atomic mass is 79.9. The van der Waals surface area contributed by atoms with Crippen molar-refractivity contribution in [1.82, 2.24) is 10.6 Å². The van der Waals surface area contributed by atoms with E-state index in [1.54, 1.807) is 0 Å². The first-order valence-electron chi connectivity index (χ1n) is 7.10. The van der Waals surface area contributed by atoms with E-state index in [-0.39, 0.29) is 0 Å². The van der Waals surface area contributed by atoms with Gasteiger partial charge in [-0.25, -0.2) is 4.99 Å². The molecule has 0 spiro atoms. The van der Waals surface area contributed by atoms with Gasteiger partial charge in [0, 0.05) is 30.8 Å². The second-order valence-corrected chi connectivity index (χ2v) is 5.21. The van der Waals surface area contributed by atoms with Gasteiger partial charge in [0.1, 0.15) is 0 Å². The van der Waals surface area contributed by atoms with Gasteiger partial charge < -0.3 is 15.4 Å². The lowest BCUT2D eigenvalue weighted by Crippen LogP contribution is -2.38. The SMILES string of the molecule is CCNC(=NCc1ccc(Br)cc1)NCCCOCC. The van der Waals surface area contributed by atoms with Crippen molar-refractivity contribution in [1.29, 1.82) is 0 Å². The van der Waals surface area contributed by atoms with Crippen LogP contribution in [0.1, 0.15) is 25.8 Å². The molecule has 0 saturated carbocycles. The van der Waals surface area contributed by atoms with Crippen LogP contribution in [0.15, 0.2) is 33.7 Å². The number of hydrogen-bond acceptors (Lipinski definition) is 2. The molecular weight excluding hydrogens is 318 g/mol. The number of rotatable bonds is 8. The fourth-order valence-electron chi connectivity index (χ4n) is 1.63. The fraction of sp³-hybridized carbons (Fsp3) is 0.533. The Kier molecular flexibility index (Phi) is 9.07. The maximum Gasteiger partial charge on any atom is 0.191 e. The van der Waals surface area contributed by atoms with Gasteiger partial charge in [0.05, 0.1) is 6.54 Å². The Labute approximate surface area is 130 Å². The Hall–Kier alpha value is -1.07. The maximum absolute atomic E-state index is 5.31. The summed E-state index contributed by atoms with van der Waals surface area (Å²) in [5, 5.41) is 6.55. The Balaban J connectivity index is 2.39. The van der Waals surface area contributed by atoms with E-state index in [2.05, 4.69) is 50.6 Å². The van der Waals surface area contributed by atoms with E-state index in [9.17, 15) is 0 Å². The van der Waals surface area contributed by atoms with Gasteiger partial charge >= 0.3 is 0 Å². The van der Waals surface area contributed by atoms with Crippen LogP contribution in [0.3, 0.4) is 0 Å². The van der Waals surface area contributed by atoms with E-state index < -0.39 is 0 Å². The van der Waals surface area contributed by atoms with E-state index in [4.69, 9.17) is 4.74 Å². The first-order chi connectivity index (χ1) is 9.76. The summed E-state index contributed by atoms with van der Waals surface area (Å²) in [6.07, 6.45) is 0.983. The summed E-state index contributed by atoms with van der Waals surface area (Å²) in [6.45, 7) is 8.04. The molecule has 0 aliphatic carbocycles. The summed E-state index contributed by atoms with van der Waals surface area (Å²) in [6, 6.07) is 8.22. The average molecular weight is 342 g/mol. The van der Waals surface area contributed by atoms with Crippen LogP contribution in [0.2, 0.25) is 0 Å². The van der Waals surface area contributed by atoms with Crippen LogP contribution in [0, 0.1) is 0 Å². The minimum Gasteiger partial charge on any atom is -0.382 e. The maximum atomic E-state index is 5.31. The molecule has 0 fully saturated rings. The van der Waals surface area contributed by atoms with E-state index in [1.807, 2.05) is 19.1 Å². The molecule has 0 bridgehead atoms. The van der Waals surface area contributed by atoms with Crippen molar-refractivity contribution in [3.63, 3.8) is 0 Å². The molecule has 1 aromatic rings. The molecule has 1 aromatic carbocycles. The average Bonchev–Trinajstić information content (AvgIpc) is 2.46. The number of guanidine groups is 1. The van der Waals surface area contributed by atoms with Crippen LogP contribution in [0.5, 0.6) is 0 Å². The van der Waals surface area contributed by atoms with Crippen molar-refractivity contribution >= 4 is 21.9 Å². The van der Waals surface area contributed by atoms with Gasteiger partial charge in [0.25, 0.3) is 0 Å². The summed E-state index contributed by atoms with van der Waals surface area (Å²) >= 11 is 3.43.